The molecule has 1 atom stereocenters. The highest BCUT2D eigenvalue weighted by atomic mass is 16.7. The maximum Gasteiger partial charge on any atom is 0.253 e. The van der Waals surface area contributed by atoms with Crippen molar-refractivity contribution in [1.29, 1.82) is 0 Å². The summed E-state index contributed by atoms with van der Waals surface area (Å²) in [7, 11) is 3.49. The fourth-order valence-electron chi connectivity index (χ4n) is 5.79. The Labute approximate surface area is 231 Å². The lowest BCUT2D eigenvalue weighted by molar-refractivity contribution is -0.120. The summed E-state index contributed by atoms with van der Waals surface area (Å²) in [6, 6.07) is 19.8. The van der Waals surface area contributed by atoms with Crippen molar-refractivity contribution < 1.29 is 27.0 Å². The zero-order valence-corrected chi connectivity index (χ0v) is 22.5. The quantitative estimate of drug-likeness (QED) is 0.455. The second-order valence-electron chi connectivity index (χ2n) is 11.2. The summed E-state index contributed by atoms with van der Waals surface area (Å²) in [5.74, 6) is 1.62. The van der Waals surface area contributed by atoms with Gasteiger partial charge in [-0.15, -0.1) is 0 Å². The van der Waals surface area contributed by atoms with E-state index in [-0.39, 0.29) is 27.4 Å². The molecular formula is C32H38N2O5. The molecule has 0 bridgehead atoms. The van der Waals surface area contributed by atoms with Crippen molar-refractivity contribution in [3.63, 3.8) is 0 Å². The van der Waals surface area contributed by atoms with E-state index in [9.17, 15) is 14.7 Å². The third-order valence-electron chi connectivity index (χ3n) is 8.24. The van der Waals surface area contributed by atoms with Gasteiger partial charge in [0, 0.05) is 48.6 Å². The van der Waals surface area contributed by atoms with Gasteiger partial charge in [0.25, 0.3) is 5.91 Å². The van der Waals surface area contributed by atoms with Crippen LogP contribution in [0.3, 0.4) is 0 Å². The van der Waals surface area contributed by atoms with Gasteiger partial charge in [-0.25, -0.2) is 0 Å². The van der Waals surface area contributed by atoms with Crippen molar-refractivity contribution >= 4 is 11.7 Å². The van der Waals surface area contributed by atoms with E-state index in [0.717, 1.165) is 65.9 Å². The number of β-amino-alcohol motifs (C(OH)–C–C–N with tert-alkyl or cyclic N) is 1. The van der Waals surface area contributed by atoms with Crippen molar-refractivity contribution in [3.8, 4) is 22.6 Å². The Bertz CT molecular complexity index is 1420. The number of aliphatic hydroxyl groups excluding tert-OH is 1. The molecule has 3 aliphatic rings. The van der Waals surface area contributed by atoms with Crippen molar-refractivity contribution in [2.75, 3.05) is 34.0 Å². The number of aliphatic hydroxyl groups is 1. The molecule has 206 valence electrons. The Hall–Kier alpha value is -3.68. The molecule has 2 fully saturated rings. The van der Waals surface area contributed by atoms with Gasteiger partial charge in [0.15, 0.2) is 11.5 Å². The van der Waals surface area contributed by atoms with Crippen LogP contribution in [0.1, 0.15) is 49.2 Å². The number of ketones is 1. The number of carbonyl (C=O) groups is 2. The molecule has 1 aliphatic carbocycles. The first-order chi connectivity index (χ1) is 18.8. The zero-order valence-electron chi connectivity index (χ0n) is 22.5. The third kappa shape index (κ3) is 5.04. The Morgan fingerprint density at radius 3 is 2.49 bits per heavy atom. The molecule has 7 heteroatoms. The van der Waals surface area contributed by atoms with Gasteiger partial charge in [-0.2, -0.15) is 0 Å². The minimum atomic E-state index is -0.459. The van der Waals surface area contributed by atoms with E-state index in [0.29, 0.717) is 24.3 Å². The number of hydrogen-bond donors (Lipinski definition) is 1. The number of likely N-dealkylation sites (tertiary alicyclic amines) is 1. The van der Waals surface area contributed by atoms with Crippen LogP contribution in [-0.2, 0) is 23.2 Å². The summed E-state index contributed by atoms with van der Waals surface area (Å²) in [6.45, 7) is 2.46. The predicted molar refractivity (Wildman–Crippen MR) is 152 cm³/mol. The molecule has 0 spiro atoms. The zero-order chi connectivity index (χ0) is 27.1. The maximum absolute atomic E-state index is 13.7. The van der Waals surface area contributed by atoms with Crippen LogP contribution in [0.4, 0.5) is 0 Å². The van der Waals surface area contributed by atoms with Crippen molar-refractivity contribution in [1.82, 2.24) is 9.80 Å². The summed E-state index contributed by atoms with van der Waals surface area (Å²) in [4.78, 5) is 29.9. The molecule has 1 amide bonds. The summed E-state index contributed by atoms with van der Waals surface area (Å²) in [6.07, 6.45) is 2.53. The lowest BCUT2D eigenvalue weighted by atomic mass is 9.86. The van der Waals surface area contributed by atoms with Gasteiger partial charge < -0.3 is 19.5 Å². The number of fused-ring (bicyclic) bond motifs is 1. The Morgan fingerprint density at radius 1 is 1.03 bits per heavy atom. The molecule has 1 N–H and O–H groups in total. The van der Waals surface area contributed by atoms with Gasteiger partial charge in [-0.3, -0.25) is 14.5 Å². The number of ether oxygens (including phenoxy) is 2. The molecule has 2 aliphatic heterocycles. The average molecular weight is 531 g/mol. The van der Waals surface area contributed by atoms with Crippen molar-refractivity contribution in [2.45, 2.75) is 43.7 Å². The normalized spacial score (nSPS) is 19.2. The summed E-state index contributed by atoms with van der Waals surface area (Å²) >= 11 is 0. The Kier molecular flexibility index (Phi) is 6.65. The first-order valence-corrected chi connectivity index (χ1v) is 13.6. The first kappa shape index (κ1) is 25.6. The number of carbonyl (C=O) groups excluding carboxylic acids is 2. The van der Waals surface area contributed by atoms with Gasteiger partial charge in [-0.1, -0.05) is 36.4 Å². The number of rotatable bonds is 8. The molecule has 2 heterocycles. The van der Waals surface area contributed by atoms with Crippen LogP contribution < -0.4 is 9.47 Å². The summed E-state index contributed by atoms with van der Waals surface area (Å²) in [5, 5.41) is 10.0. The first-order valence-electron chi connectivity index (χ1n) is 13.6. The minimum absolute atomic E-state index is 0. The lowest BCUT2D eigenvalue weighted by Crippen LogP contribution is -2.23. The van der Waals surface area contributed by atoms with E-state index in [1.165, 1.54) is 0 Å². The van der Waals surface area contributed by atoms with Gasteiger partial charge in [0.05, 0.1) is 11.5 Å². The fraction of sp³-hybridized carbons (Fsp3) is 0.375. The van der Waals surface area contributed by atoms with Crippen LogP contribution in [0, 0.1) is 0 Å². The van der Waals surface area contributed by atoms with Crippen LogP contribution in [0.25, 0.3) is 11.1 Å². The van der Waals surface area contributed by atoms with E-state index in [1.54, 1.807) is 19.0 Å². The van der Waals surface area contributed by atoms with E-state index in [2.05, 4.69) is 23.1 Å². The molecule has 7 nitrogen and oxygen atoms in total. The maximum atomic E-state index is 13.7. The van der Waals surface area contributed by atoms with Gasteiger partial charge in [-0.05, 0) is 71.3 Å². The number of amides is 1. The third-order valence-corrected chi connectivity index (χ3v) is 8.24. The summed E-state index contributed by atoms with van der Waals surface area (Å²) < 4.78 is 11.0. The molecular weight excluding hydrogens is 492 g/mol. The van der Waals surface area contributed by atoms with E-state index in [1.807, 2.05) is 42.5 Å². The Balaban J connectivity index is 0.00000194. The average Bonchev–Trinajstić information content (AvgIpc) is 3.45. The lowest BCUT2D eigenvalue weighted by Gasteiger charge is -2.20. The van der Waals surface area contributed by atoms with Gasteiger partial charge in [0.1, 0.15) is 5.78 Å². The second kappa shape index (κ2) is 10.1. The fourth-order valence-corrected chi connectivity index (χ4v) is 5.79. The molecule has 39 heavy (non-hydrogen) atoms. The topological polar surface area (TPSA) is 79.3 Å². The van der Waals surface area contributed by atoms with Crippen LogP contribution in [-0.4, -0.2) is 66.7 Å². The minimum Gasteiger partial charge on any atom is -0.454 e. The molecule has 1 saturated heterocycles. The van der Waals surface area contributed by atoms with E-state index in [4.69, 9.17) is 9.47 Å². The highest BCUT2D eigenvalue weighted by molar-refractivity contribution is 5.95. The number of nitrogens with zero attached hydrogens (tertiary/aromatic N) is 2. The molecule has 6 rings (SSSR count). The van der Waals surface area contributed by atoms with Gasteiger partial charge in [0.2, 0.25) is 6.79 Å². The molecule has 1 saturated carbocycles. The monoisotopic (exact) mass is 530 g/mol. The van der Waals surface area contributed by atoms with Crippen LogP contribution in [0.15, 0.2) is 60.7 Å². The SMILES string of the molecule is CN(C)C(=O)c1ccc(-c2cc(CC(=O)C3(c4ccc5c(c4)OCO5)CC3)ccc2CN2CC[C@@H](O)C2)cc1.[HH].[HH]. The molecule has 0 aromatic heterocycles. The van der Waals surface area contributed by atoms with Crippen LogP contribution >= 0.6 is 0 Å². The molecule has 3 aromatic carbocycles. The highest BCUT2D eigenvalue weighted by Gasteiger charge is 2.50. The smallest absolute Gasteiger partial charge is 0.253 e. The number of Topliss-reactive ketones (excluding diaryl/α,β-unsaturated/α-hetero) is 1. The van der Waals surface area contributed by atoms with Gasteiger partial charge >= 0.3 is 0 Å². The molecule has 0 radical (unpaired) electrons. The van der Waals surface area contributed by atoms with E-state index >= 15 is 0 Å². The molecule has 0 unspecified atom stereocenters. The Morgan fingerprint density at radius 2 is 1.79 bits per heavy atom. The highest BCUT2D eigenvalue weighted by Crippen LogP contribution is 2.51. The number of benzene rings is 3. The van der Waals surface area contributed by atoms with E-state index < -0.39 is 5.41 Å². The molecule has 3 aromatic rings. The van der Waals surface area contributed by atoms with Crippen molar-refractivity contribution in [2.24, 2.45) is 0 Å². The largest absolute Gasteiger partial charge is 0.454 e. The predicted octanol–water partition coefficient (Wildman–Crippen LogP) is 4.69. The van der Waals surface area contributed by atoms with Crippen LogP contribution in [0.2, 0.25) is 0 Å². The summed E-state index contributed by atoms with van der Waals surface area (Å²) in [5.41, 5.74) is 5.36. The van der Waals surface area contributed by atoms with Crippen molar-refractivity contribution in [3.05, 3.63) is 82.9 Å². The number of hydrogen-bond acceptors (Lipinski definition) is 6. The standard InChI is InChI=1S/C32H34N2O5.2H2/c1-33(2)31(37)23-7-5-22(6-8-23)27-15-21(3-4-24(27)18-34-14-11-26(35)19-34)16-30(36)32(12-13-32)25-9-10-28-29(17-25)39-20-38-28;;/h3-10,15,17,26,35H,11-14,16,18-20H2,1-2H3;2*1H/t26-;;/m1../s1. The van der Waals surface area contributed by atoms with Crippen LogP contribution in [0.5, 0.6) is 11.5 Å². The second-order valence-corrected chi connectivity index (χ2v) is 11.2.